The molecule has 1 unspecified atom stereocenters. The number of aryl methyl sites for hydroxylation is 1. The molecule has 3 heteroatoms. The van der Waals surface area contributed by atoms with E-state index in [1.165, 1.54) is 42.5 Å². The Balaban J connectivity index is 2.13. The van der Waals surface area contributed by atoms with Crippen molar-refractivity contribution in [2.45, 2.75) is 52.0 Å². The predicted molar refractivity (Wildman–Crippen MR) is 77.1 cm³/mol. The van der Waals surface area contributed by atoms with Gasteiger partial charge in [0.05, 0.1) is 4.34 Å². The molecule has 0 saturated heterocycles. The normalized spacial score (nSPS) is 18.8. The molecule has 1 atom stereocenters. The summed E-state index contributed by atoms with van der Waals surface area (Å²) in [6.45, 7) is 5.44. The van der Waals surface area contributed by atoms with Crippen molar-refractivity contribution in [2.75, 3.05) is 6.54 Å². The fourth-order valence-corrected chi connectivity index (χ4v) is 4.11. The fourth-order valence-electron chi connectivity index (χ4n) is 2.73. The third kappa shape index (κ3) is 3.24. The summed E-state index contributed by atoms with van der Waals surface area (Å²) < 4.78 is 0.960. The molecule has 1 nitrogen and oxygen atoms in total. The van der Waals surface area contributed by atoms with Crippen LogP contribution in [0.15, 0.2) is 6.07 Å². The lowest BCUT2D eigenvalue weighted by molar-refractivity contribution is 0.373. The first-order valence-electron chi connectivity index (χ1n) is 6.71. The van der Waals surface area contributed by atoms with Gasteiger partial charge in [0.25, 0.3) is 0 Å². The van der Waals surface area contributed by atoms with Gasteiger partial charge in [0, 0.05) is 10.9 Å². The summed E-state index contributed by atoms with van der Waals surface area (Å²) in [5.41, 5.74) is 1.23. The third-order valence-electron chi connectivity index (χ3n) is 3.67. The second kappa shape index (κ2) is 6.21. The minimum Gasteiger partial charge on any atom is -0.309 e. The molecule has 0 aliphatic heterocycles. The van der Waals surface area contributed by atoms with E-state index >= 15 is 0 Å². The summed E-state index contributed by atoms with van der Waals surface area (Å²) >= 11 is 7.97. The maximum Gasteiger partial charge on any atom is 0.0960 e. The Morgan fingerprint density at radius 1 is 1.47 bits per heavy atom. The topological polar surface area (TPSA) is 12.0 Å². The molecular formula is C14H22ClNS. The standard InChI is InChI=1S/C14H22ClNS/c1-3-8-16-13(11-6-4-5-7-11)12-9-10(2)14(15)17-12/h9,11,13,16H,3-8H2,1-2H3. The van der Waals surface area contributed by atoms with Gasteiger partial charge in [-0.1, -0.05) is 31.4 Å². The summed E-state index contributed by atoms with van der Waals surface area (Å²) in [5, 5.41) is 3.72. The van der Waals surface area contributed by atoms with Crippen LogP contribution < -0.4 is 5.32 Å². The zero-order valence-corrected chi connectivity index (χ0v) is 12.3. The number of halogens is 1. The zero-order valence-electron chi connectivity index (χ0n) is 10.8. The number of hydrogen-bond acceptors (Lipinski definition) is 2. The van der Waals surface area contributed by atoms with Crippen LogP contribution in [0.25, 0.3) is 0 Å². The van der Waals surface area contributed by atoms with E-state index in [0.29, 0.717) is 6.04 Å². The highest BCUT2D eigenvalue weighted by Crippen LogP contribution is 2.40. The van der Waals surface area contributed by atoms with Crippen molar-refractivity contribution in [3.05, 3.63) is 20.8 Å². The number of hydrogen-bond donors (Lipinski definition) is 1. The van der Waals surface area contributed by atoms with E-state index < -0.39 is 0 Å². The minimum atomic E-state index is 0.536. The van der Waals surface area contributed by atoms with Gasteiger partial charge in [0.1, 0.15) is 0 Å². The third-order valence-corrected chi connectivity index (χ3v) is 5.31. The maximum atomic E-state index is 6.20. The summed E-state index contributed by atoms with van der Waals surface area (Å²) in [5.74, 6) is 0.815. The molecular weight excluding hydrogens is 250 g/mol. The van der Waals surface area contributed by atoms with Crippen molar-refractivity contribution >= 4 is 22.9 Å². The molecule has 1 fully saturated rings. The van der Waals surface area contributed by atoms with Gasteiger partial charge in [-0.2, -0.15) is 0 Å². The van der Waals surface area contributed by atoms with Crippen LogP contribution in [0.4, 0.5) is 0 Å². The van der Waals surface area contributed by atoms with Gasteiger partial charge in [-0.05, 0) is 50.3 Å². The van der Waals surface area contributed by atoms with Gasteiger partial charge in [-0.25, -0.2) is 0 Å². The van der Waals surface area contributed by atoms with E-state index in [2.05, 4.69) is 25.2 Å². The molecule has 1 heterocycles. The molecule has 17 heavy (non-hydrogen) atoms. The van der Waals surface area contributed by atoms with Crippen LogP contribution in [-0.4, -0.2) is 6.54 Å². The van der Waals surface area contributed by atoms with Crippen LogP contribution in [0.1, 0.15) is 55.5 Å². The van der Waals surface area contributed by atoms with Crippen molar-refractivity contribution in [3.63, 3.8) is 0 Å². The van der Waals surface area contributed by atoms with Gasteiger partial charge in [0.2, 0.25) is 0 Å². The lowest BCUT2D eigenvalue weighted by Gasteiger charge is -2.23. The molecule has 1 aliphatic carbocycles. The monoisotopic (exact) mass is 271 g/mol. The molecule has 0 aromatic carbocycles. The van der Waals surface area contributed by atoms with Crippen LogP contribution in [-0.2, 0) is 0 Å². The van der Waals surface area contributed by atoms with Crippen molar-refractivity contribution in [1.82, 2.24) is 5.32 Å². The molecule has 1 N–H and O–H groups in total. The Bertz CT molecular complexity index is 336. The largest absolute Gasteiger partial charge is 0.309 e. The SMILES string of the molecule is CCCNC(c1cc(C)c(Cl)s1)C1CCCC1. The van der Waals surface area contributed by atoms with Crippen molar-refractivity contribution in [2.24, 2.45) is 5.92 Å². The van der Waals surface area contributed by atoms with Gasteiger partial charge in [0.15, 0.2) is 0 Å². The highest BCUT2D eigenvalue weighted by molar-refractivity contribution is 7.16. The second-order valence-corrected chi connectivity index (χ2v) is 6.77. The summed E-state index contributed by atoms with van der Waals surface area (Å²) in [6.07, 6.45) is 6.73. The lowest BCUT2D eigenvalue weighted by atomic mass is 9.96. The van der Waals surface area contributed by atoms with Crippen LogP contribution in [0.3, 0.4) is 0 Å². The maximum absolute atomic E-state index is 6.20. The van der Waals surface area contributed by atoms with Gasteiger partial charge < -0.3 is 5.32 Å². The predicted octanol–water partition coefficient (Wildman–Crippen LogP) is 4.94. The minimum absolute atomic E-state index is 0.536. The highest BCUT2D eigenvalue weighted by Gasteiger charge is 2.27. The van der Waals surface area contributed by atoms with E-state index in [4.69, 9.17) is 11.6 Å². The van der Waals surface area contributed by atoms with Crippen LogP contribution in [0.2, 0.25) is 4.34 Å². The van der Waals surface area contributed by atoms with Gasteiger partial charge in [-0.15, -0.1) is 11.3 Å². The Morgan fingerprint density at radius 3 is 2.71 bits per heavy atom. The Hall–Kier alpha value is -0.0500. The number of nitrogens with one attached hydrogen (secondary N) is 1. The van der Waals surface area contributed by atoms with Gasteiger partial charge in [-0.3, -0.25) is 0 Å². The quantitative estimate of drug-likeness (QED) is 0.800. The Morgan fingerprint density at radius 2 is 2.18 bits per heavy atom. The summed E-state index contributed by atoms with van der Waals surface area (Å²) in [7, 11) is 0. The van der Waals surface area contributed by atoms with Crippen molar-refractivity contribution in [3.8, 4) is 0 Å². The fraction of sp³-hybridized carbons (Fsp3) is 0.714. The molecule has 0 bridgehead atoms. The summed E-state index contributed by atoms with van der Waals surface area (Å²) in [6, 6.07) is 2.81. The number of rotatable bonds is 5. The number of thiophene rings is 1. The Labute approximate surface area is 114 Å². The second-order valence-electron chi connectivity index (χ2n) is 5.08. The molecule has 0 spiro atoms. The smallest absolute Gasteiger partial charge is 0.0960 e. The molecule has 1 aliphatic rings. The van der Waals surface area contributed by atoms with E-state index in [1.54, 1.807) is 11.3 Å². The Kier molecular flexibility index (Phi) is 4.89. The van der Waals surface area contributed by atoms with Crippen LogP contribution in [0, 0.1) is 12.8 Å². The summed E-state index contributed by atoms with van der Waals surface area (Å²) in [4.78, 5) is 1.44. The van der Waals surface area contributed by atoms with E-state index in [9.17, 15) is 0 Å². The highest BCUT2D eigenvalue weighted by atomic mass is 35.5. The van der Waals surface area contributed by atoms with Gasteiger partial charge >= 0.3 is 0 Å². The van der Waals surface area contributed by atoms with E-state index in [0.717, 1.165) is 16.8 Å². The molecule has 96 valence electrons. The first-order chi connectivity index (χ1) is 8.22. The van der Waals surface area contributed by atoms with Crippen LogP contribution in [0.5, 0.6) is 0 Å². The van der Waals surface area contributed by atoms with Crippen molar-refractivity contribution < 1.29 is 0 Å². The van der Waals surface area contributed by atoms with Crippen molar-refractivity contribution in [1.29, 1.82) is 0 Å². The lowest BCUT2D eigenvalue weighted by Crippen LogP contribution is -2.27. The average molecular weight is 272 g/mol. The molecule has 0 amide bonds. The van der Waals surface area contributed by atoms with Crippen LogP contribution >= 0.6 is 22.9 Å². The molecule has 0 radical (unpaired) electrons. The molecule has 1 aromatic heterocycles. The first-order valence-corrected chi connectivity index (χ1v) is 7.91. The molecule has 1 aromatic rings. The average Bonchev–Trinajstić information content (AvgIpc) is 2.92. The zero-order chi connectivity index (χ0) is 12.3. The van der Waals surface area contributed by atoms with E-state index in [-0.39, 0.29) is 0 Å². The molecule has 2 rings (SSSR count). The molecule has 1 saturated carbocycles. The van der Waals surface area contributed by atoms with E-state index in [1.807, 2.05) is 0 Å². The first kappa shape index (κ1) is 13.4.